The van der Waals surface area contributed by atoms with E-state index >= 15 is 0 Å². The Bertz CT molecular complexity index is 1190. The highest BCUT2D eigenvalue weighted by atomic mass is 16.7. The van der Waals surface area contributed by atoms with E-state index in [0.717, 1.165) is 57.8 Å². The van der Waals surface area contributed by atoms with Crippen LogP contribution in [0.15, 0.2) is 12.2 Å². The SMILES string of the molecule is CCCCCCCCCC=CCCCCCCCC(=O)OC(COC(=O)CCCCCCCCCCCCCCC)COC1OC(COC2OC(CO)C(O)C(O)C2O)C(O)C(O)C1O. The molecule has 0 radical (unpaired) electrons. The van der Waals surface area contributed by atoms with Gasteiger partial charge in [0.1, 0.15) is 55.4 Å². The minimum Gasteiger partial charge on any atom is -0.462 e. The minimum atomic E-state index is -1.76. The highest BCUT2D eigenvalue weighted by molar-refractivity contribution is 5.70. The molecule has 0 aromatic rings. The van der Waals surface area contributed by atoms with Crippen LogP contribution >= 0.6 is 0 Å². The minimum absolute atomic E-state index is 0.159. The van der Waals surface area contributed by atoms with Crippen LogP contribution in [0.3, 0.4) is 0 Å². The lowest BCUT2D eigenvalue weighted by atomic mass is 9.98. The molecule has 2 rings (SSSR count). The number of carbonyl (C=O) groups excluding carboxylic acids is 2. The Morgan fingerprint density at radius 2 is 0.877 bits per heavy atom. The largest absolute Gasteiger partial charge is 0.462 e. The third-order valence-electron chi connectivity index (χ3n) is 12.5. The normalized spacial score (nSPS) is 26.4. The standard InChI is InChI=1S/C50H92O15/c1-3-5-7-9-11-13-15-17-18-19-21-23-25-27-29-31-33-42(53)63-38(35-60-41(52)32-30-28-26-24-22-20-16-14-12-10-8-6-4-2)36-61-49-48(59)46(57)44(55)40(65-49)37-62-50-47(58)45(56)43(54)39(34-51)64-50/h18-19,38-40,43-51,54-59H,3-17,20-37H2,1-2H3. The maximum absolute atomic E-state index is 13.0. The summed E-state index contributed by atoms with van der Waals surface area (Å²) in [7, 11) is 0. The average Bonchev–Trinajstić information content (AvgIpc) is 3.30. The highest BCUT2D eigenvalue weighted by Gasteiger charge is 2.47. The first-order valence-corrected chi connectivity index (χ1v) is 25.8. The van der Waals surface area contributed by atoms with E-state index in [1.54, 1.807) is 0 Å². The Hall–Kier alpha value is -1.76. The van der Waals surface area contributed by atoms with Gasteiger partial charge in [-0.3, -0.25) is 9.59 Å². The second-order valence-electron chi connectivity index (χ2n) is 18.4. The number of allylic oxidation sites excluding steroid dienone is 2. The van der Waals surface area contributed by atoms with Gasteiger partial charge in [-0.15, -0.1) is 0 Å². The summed E-state index contributed by atoms with van der Waals surface area (Å²) in [5.41, 5.74) is 0. The lowest BCUT2D eigenvalue weighted by molar-refractivity contribution is -0.332. The van der Waals surface area contributed by atoms with E-state index < -0.39 is 92.7 Å². The fraction of sp³-hybridized carbons (Fsp3) is 0.920. The zero-order valence-corrected chi connectivity index (χ0v) is 40.2. The summed E-state index contributed by atoms with van der Waals surface area (Å²) in [6.07, 6.45) is 19.5. The fourth-order valence-electron chi connectivity index (χ4n) is 8.21. The van der Waals surface area contributed by atoms with Crippen LogP contribution in [0.4, 0.5) is 0 Å². The molecule has 11 atom stereocenters. The number of aliphatic hydroxyl groups is 7. The van der Waals surface area contributed by atoms with Crippen molar-refractivity contribution < 1.29 is 73.8 Å². The van der Waals surface area contributed by atoms with Gasteiger partial charge in [-0.05, 0) is 38.5 Å². The zero-order chi connectivity index (χ0) is 47.5. The molecule has 2 fully saturated rings. The van der Waals surface area contributed by atoms with Crippen molar-refractivity contribution >= 4 is 11.9 Å². The number of hydrogen-bond donors (Lipinski definition) is 7. The molecule has 2 aliphatic heterocycles. The van der Waals surface area contributed by atoms with Crippen molar-refractivity contribution in [3.8, 4) is 0 Å². The Morgan fingerprint density at radius 3 is 1.35 bits per heavy atom. The van der Waals surface area contributed by atoms with Crippen molar-refractivity contribution in [1.82, 2.24) is 0 Å². The van der Waals surface area contributed by atoms with Crippen molar-refractivity contribution in [3.63, 3.8) is 0 Å². The Morgan fingerprint density at radius 1 is 0.477 bits per heavy atom. The molecule has 15 heteroatoms. The van der Waals surface area contributed by atoms with Gasteiger partial charge in [0.15, 0.2) is 18.7 Å². The van der Waals surface area contributed by atoms with Crippen LogP contribution in [-0.4, -0.2) is 142 Å². The molecule has 7 N–H and O–H groups in total. The van der Waals surface area contributed by atoms with Crippen molar-refractivity contribution in [2.24, 2.45) is 0 Å². The Balaban J connectivity index is 1.81. The van der Waals surface area contributed by atoms with Gasteiger partial charge in [-0.25, -0.2) is 0 Å². The molecular weight excluding hydrogens is 841 g/mol. The van der Waals surface area contributed by atoms with Crippen LogP contribution in [0.2, 0.25) is 0 Å². The summed E-state index contributed by atoms with van der Waals surface area (Å²) in [6, 6.07) is 0. The van der Waals surface area contributed by atoms with Gasteiger partial charge in [0.05, 0.1) is 19.8 Å². The predicted molar refractivity (Wildman–Crippen MR) is 248 cm³/mol. The molecule has 0 aromatic carbocycles. The Kier molecular flexibility index (Phi) is 34.8. The van der Waals surface area contributed by atoms with Gasteiger partial charge in [-0.1, -0.05) is 161 Å². The van der Waals surface area contributed by atoms with E-state index in [0.29, 0.717) is 12.8 Å². The molecule has 2 heterocycles. The molecule has 11 unspecified atom stereocenters. The van der Waals surface area contributed by atoms with Gasteiger partial charge in [0.25, 0.3) is 0 Å². The number of unbranched alkanes of at least 4 members (excludes halogenated alkanes) is 24. The topological polar surface area (TPSA) is 231 Å². The molecule has 2 aliphatic rings. The number of rotatable bonds is 40. The number of carbonyl (C=O) groups is 2. The number of ether oxygens (including phenoxy) is 6. The van der Waals surface area contributed by atoms with Crippen LogP contribution in [0.1, 0.15) is 200 Å². The molecule has 0 spiro atoms. The first kappa shape index (κ1) is 59.4. The quantitative estimate of drug-likeness (QED) is 0.0187. The molecule has 382 valence electrons. The van der Waals surface area contributed by atoms with E-state index in [9.17, 15) is 45.3 Å². The van der Waals surface area contributed by atoms with Crippen molar-refractivity contribution in [1.29, 1.82) is 0 Å². The van der Waals surface area contributed by atoms with Crippen molar-refractivity contribution in [3.05, 3.63) is 12.2 Å². The maximum Gasteiger partial charge on any atom is 0.306 e. The number of hydrogen-bond acceptors (Lipinski definition) is 15. The second-order valence-corrected chi connectivity index (χ2v) is 18.4. The molecule has 2 saturated heterocycles. The Labute approximate surface area is 390 Å². The van der Waals surface area contributed by atoms with Crippen LogP contribution in [0.25, 0.3) is 0 Å². The van der Waals surface area contributed by atoms with Crippen molar-refractivity contribution in [2.75, 3.05) is 26.4 Å². The first-order valence-electron chi connectivity index (χ1n) is 25.8. The van der Waals surface area contributed by atoms with E-state index in [4.69, 9.17) is 28.4 Å². The van der Waals surface area contributed by atoms with Crippen LogP contribution in [-0.2, 0) is 38.0 Å². The monoisotopic (exact) mass is 933 g/mol. The molecule has 65 heavy (non-hydrogen) atoms. The first-order chi connectivity index (χ1) is 31.5. The number of aliphatic hydroxyl groups excluding tert-OH is 7. The molecule has 15 nitrogen and oxygen atoms in total. The smallest absolute Gasteiger partial charge is 0.306 e. The van der Waals surface area contributed by atoms with Gasteiger partial charge in [-0.2, -0.15) is 0 Å². The average molecular weight is 933 g/mol. The summed E-state index contributed by atoms with van der Waals surface area (Å²) in [5.74, 6) is -0.925. The maximum atomic E-state index is 13.0. The van der Waals surface area contributed by atoms with E-state index in [2.05, 4.69) is 26.0 Å². The summed E-state index contributed by atoms with van der Waals surface area (Å²) in [5, 5.41) is 72.0. The molecule has 0 aliphatic carbocycles. The summed E-state index contributed by atoms with van der Waals surface area (Å²) >= 11 is 0. The van der Waals surface area contributed by atoms with Crippen molar-refractivity contribution in [2.45, 2.75) is 268 Å². The van der Waals surface area contributed by atoms with Gasteiger partial charge >= 0.3 is 11.9 Å². The van der Waals surface area contributed by atoms with Crippen LogP contribution in [0.5, 0.6) is 0 Å². The lowest BCUT2D eigenvalue weighted by Crippen LogP contribution is -2.61. The summed E-state index contributed by atoms with van der Waals surface area (Å²) < 4.78 is 33.6. The third-order valence-corrected chi connectivity index (χ3v) is 12.5. The molecule has 0 aromatic heterocycles. The van der Waals surface area contributed by atoms with E-state index in [1.165, 1.54) is 103 Å². The summed E-state index contributed by atoms with van der Waals surface area (Å²) in [4.78, 5) is 25.7. The van der Waals surface area contributed by atoms with Crippen LogP contribution < -0.4 is 0 Å². The molecule has 0 saturated carbocycles. The zero-order valence-electron chi connectivity index (χ0n) is 40.2. The third kappa shape index (κ3) is 26.5. The molecule has 0 bridgehead atoms. The fourth-order valence-corrected chi connectivity index (χ4v) is 8.21. The van der Waals surface area contributed by atoms with Gasteiger partial charge in [0, 0.05) is 12.8 Å². The second kappa shape index (κ2) is 38.1. The van der Waals surface area contributed by atoms with Gasteiger partial charge < -0.3 is 64.2 Å². The highest BCUT2D eigenvalue weighted by Crippen LogP contribution is 2.26. The molecular formula is C50H92O15. The van der Waals surface area contributed by atoms with E-state index in [1.807, 2.05) is 0 Å². The molecule has 0 amide bonds. The summed E-state index contributed by atoms with van der Waals surface area (Å²) in [6.45, 7) is 2.59. The number of esters is 2. The van der Waals surface area contributed by atoms with Gasteiger partial charge in [0.2, 0.25) is 0 Å². The predicted octanol–water partition coefficient (Wildman–Crippen LogP) is 6.99. The van der Waals surface area contributed by atoms with Crippen LogP contribution in [0, 0.1) is 0 Å². The van der Waals surface area contributed by atoms with E-state index in [-0.39, 0.29) is 26.1 Å². The lowest BCUT2D eigenvalue weighted by Gasteiger charge is -2.42.